The minimum atomic E-state index is -0.896. The highest BCUT2D eigenvalue weighted by molar-refractivity contribution is 9.10. The van der Waals surface area contributed by atoms with Gasteiger partial charge in [0.2, 0.25) is 6.10 Å². The summed E-state index contributed by atoms with van der Waals surface area (Å²) in [5.74, 6) is -1.28. The van der Waals surface area contributed by atoms with Crippen LogP contribution in [0.25, 0.3) is 0 Å². The van der Waals surface area contributed by atoms with Gasteiger partial charge in [-0.3, -0.25) is 9.59 Å². The van der Waals surface area contributed by atoms with Crippen LogP contribution in [-0.4, -0.2) is 36.5 Å². The van der Waals surface area contributed by atoms with E-state index in [-0.39, 0.29) is 23.2 Å². The highest BCUT2D eigenvalue weighted by Crippen LogP contribution is 2.19. The molecule has 1 unspecified atom stereocenters. The number of halogens is 3. The number of carbonyl (C=O) groups is 3. The van der Waals surface area contributed by atoms with Crippen molar-refractivity contribution in [2.24, 2.45) is 5.92 Å². The van der Waals surface area contributed by atoms with Crippen molar-refractivity contribution in [1.82, 2.24) is 10.6 Å². The summed E-state index contributed by atoms with van der Waals surface area (Å²) in [5.41, 5.74) is 1.26. The summed E-state index contributed by atoms with van der Waals surface area (Å²) in [4.78, 5) is 36.5. The predicted octanol–water partition coefficient (Wildman–Crippen LogP) is 5.26. The lowest BCUT2D eigenvalue weighted by molar-refractivity contribution is -0.128. The Labute approximate surface area is 218 Å². The van der Waals surface area contributed by atoms with Crippen LogP contribution < -0.4 is 10.6 Å². The summed E-state index contributed by atoms with van der Waals surface area (Å²) in [7, 11) is 0. The van der Waals surface area contributed by atoms with Crippen molar-refractivity contribution in [1.29, 1.82) is 0 Å². The van der Waals surface area contributed by atoms with E-state index in [0.717, 1.165) is 28.6 Å². The van der Waals surface area contributed by atoms with E-state index in [1.165, 1.54) is 6.07 Å². The van der Waals surface area contributed by atoms with Gasteiger partial charge in [0.25, 0.3) is 5.91 Å². The second kappa shape index (κ2) is 13.5. The van der Waals surface area contributed by atoms with Gasteiger partial charge in [-0.2, -0.15) is 0 Å². The molecule has 2 aromatic carbocycles. The lowest BCUT2D eigenvalue weighted by Crippen LogP contribution is -2.44. The number of ketones is 1. The topological polar surface area (TPSA) is 84.5 Å². The molecule has 36 heavy (non-hydrogen) atoms. The summed E-state index contributed by atoms with van der Waals surface area (Å²) < 4.78 is 33.2. The molecule has 3 atom stereocenters. The van der Waals surface area contributed by atoms with Crippen molar-refractivity contribution in [2.75, 3.05) is 6.54 Å². The number of amides is 2. The number of cyclic esters (lactones) is 1. The van der Waals surface area contributed by atoms with Crippen LogP contribution in [0.1, 0.15) is 50.2 Å². The molecular weight excluding hydrogens is 534 g/mol. The van der Waals surface area contributed by atoms with Crippen LogP contribution in [0.2, 0.25) is 0 Å². The van der Waals surface area contributed by atoms with E-state index in [4.69, 9.17) is 4.74 Å². The molecule has 2 amide bonds. The molecule has 1 aliphatic rings. The zero-order valence-corrected chi connectivity index (χ0v) is 21.8. The van der Waals surface area contributed by atoms with Gasteiger partial charge in [-0.15, -0.1) is 0 Å². The minimum absolute atomic E-state index is 0.0822. The number of rotatable bonds is 13. The number of nitrogens with one attached hydrogen (secondary N) is 2. The maximum atomic E-state index is 13.8. The smallest absolute Gasteiger partial charge is 0.408 e. The Bertz CT molecular complexity index is 1060. The van der Waals surface area contributed by atoms with Crippen molar-refractivity contribution in [3.8, 4) is 0 Å². The van der Waals surface area contributed by atoms with Crippen LogP contribution >= 0.6 is 15.9 Å². The van der Waals surface area contributed by atoms with E-state index in [1.807, 2.05) is 31.2 Å². The molecule has 0 saturated carbocycles. The van der Waals surface area contributed by atoms with Gasteiger partial charge in [0.1, 0.15) is 17.4 Å². The number of ether oxygens (including phenoxy) is 1. The zero-order chi connectivity index (χ0) is 26.1. The van der Waals surface area contributed by atoms with Gasteiger partial charge in [-0.25, -0.2) is 13.6 Å². The standard InChI is InChI=1S/C27H31BrF2N2O4/c1-17(13-19-16-21(29)10-11-23(19)30)14-22(33)5-3-2-4-12-31-26(34)25-24(32-27(35)36-25)15-18-6-8-20(28)9-7-18/h6-11,16-17,24-25H,2-5,12-15H2,1H3,(H,31,34)(H,32,35)/t17?,24-,25+/m1/s1. The minimum Gasteiger partial charge on any atom is -0.434 e. The molecule has 194 valence electrons. The fourth-order valence-electron chi connectivity index (χ4n) is 4.30. The zero-order valence-electron chi connectivity index (χ0n) is 20.2. The van der Waals surface area contributed by atoms with Crippen LogP contribution in [0.5, 0.6) is 0 Å². The molecule has 1 heterocycles. The van der Waals surface area contributed by atoms with E-state index in [0.29, 0.717) is 45.1 Å². The Morgan fingerprint density at radius 3 is 2.61 bits per heavy atom. The second-order valence-corrected chi connectivity index (χ2v) is 10.2. The molecular formula is C27H31BrF2N2O4. The third kappa shape index (κ3) is 8.69. The molecule has 1 fully saturated rings. The monoisotopic (exact) mass is 564 g/mol. The van der Waals surface area contributed by atoms with Gasteiger partial charge in [0.15, 0.2) is 0 Å². The lowest BCUT2D eigenvalue weighted by atomic mass is 9.94. The van der Waals surface area contributed by atoms with E-state index in [9.17, 15) is 23.2 Å². The molecule has 2 aromatic rings. The van der Waals surface area contributed by atoms with Crippen LogP contribution in [0.3, 0.4) is 0 Å². The normalized spacial score (nSPS) is 17.8. The number of alkyl carbamates (subject to hydrolysis) is 1. The third-order valence-electron chi connectivity index (χ3n) is 6.11. The molecule has 0 radical (unpaired) electrons. The van der Waals surface area contributed by atoms with Gasteiger partial charge in [-0.05, 0) is 73.1 Å². The fraction of sp³-hybridized carbons (Fsp3) is 0.444. The third-order valence-corrected chi connectivity index (χ3v) is 6.64. The van der Waals surface area contributed by atoms with E-state index < -0.39 is 29.9 Å². The Morgan fingerprint density at radius 2 is 1.86 bits per heavy atom. The first-order valence-electron chi connectivity index (χ1n) is 12.2. The van der Waals surface area contributed by atoms with Crippen LogP contribution in [0.4, 0.5) is 13.6 Å². The van der Waals surface area contributed by atoms with Gasteiger partial charge < -0.3 is 15.4 Å². The average molecular weight is 565 g/mol. The molecule has 6 nitrogen and oxygen atoms in total. The lowest BCUT2D eigenvalue weighted by Gasteiger charge is -2.17. The highest BCUT2D eigenvalue weighted by atomic mass is 79.9. The van der Waals surface area contributed by atoms with E-state index in [2.05, 4.69) is 26.6 Å². The molecule has 0 bridgehead atoms. The maximum absolute atomic E-state index is 13.8. The van der Waals surface area contributed by atoms with Crippen LogP contribution in [0.15, 0.2) is 46.9 Å². The van der Waals surface area contributed by atoms with E-state index >= 15 is 0 Å². The molecule has 3 rings (SSSR count). The molecule has 0 spiro atoms. The summed E-state index contributed by atoms with van der Waals surface area (Å²) >= 11 is 3.38. The number of hydrogen-bond donors (Lipinski definition) is 2. The Hall–Kier alpha value is -2.81. The molecule has 0 aliphatic carbocycles. The van der Waals surface area contributed by atoms with Crippen molar-refractivity contribution >= 4 is 33.7 Å². The summed E-state index contributed by atoms with van der Waals surface area (Å²) in [6.45, 7) is 2.27. The molecule has 1 saturated heterocycles. The van der Waals surface area contributed by atoms with Gasteiger partial charge >= 0.3 is 6.09 Å². The SMILES string of the molecule is CC(CC(=O)CCCCCNC(=O)[C@H]1OC(=O)N[C@@H]1Cc1ccc(Br)cc1)Cc1cc(F)ccc1F. The number of carbonyl (C=O) groups excluding carboxylic acids is 3. The fourth-order valence-corrected chi connectivity index (χ4v) is 4.57. The first kappa shape index (κ1) is 27.8. The highest BCUT2D eigenvalue weighted by Gasteiger charge is 2.39. The number of unbranched alkanes of at least 4 members (excludes halogenated alkanes) is 2. The van der Waals surface area contributed by atoms with Gasteiger partial charge in [-0.1, -0.05) is 41.4 Å². The summed E-state index contributed by atoms with van der Waals surface area (Å²) in [6.07, 6.45) is 2.13. The Morgan fingerprint density at radius 1 is 1.11 bits per heavy atom. The summed E-state index contributed by atoms with van der Waals surface area (Å²) in [5, 5.41) is 5.51. The van der Waals surface area contributed by atoms with Crippen molar-refractivity contribution < 1.29 is 27.9 Å². The molecule has 0 aromatic heterocycles. The largest absolute Gasteiger partial charge is 0.434 e. The van der Waals surface area contributed by atoms with Crippen molar-refractivity contribution in [2.45, 2.75) is 64.0 Å². The molecule has 1 aliphatic heterocycles. The summed E-state index contributed by atoms with van der Waals surface area (Å²) in [6, 6.07) is 10.6. The molecule has 9 heteroatoms. The predicted molar refractivity (Wildman–Crippen MR) is 135 cm³/mol. The second-order valence-electron chi connectivity index (χ2n) is 9.30. The maximum Gasteiger partial charge on any atom is 0.408 e. The average Bonchev–Trinajstić information content (AvgIpc) is 3.19. The quantitative estimate of drug-likeness (QED) is 0.325. The molecule has 2 N–H and O–H groups in total. The van der Waals surface area contributed by atoms with E-state index in [1.54, 1.807) is 0 Å². The van der Waals surface area contributed by atoms with Gasteiger partial charge in [0.05, 0.1) is 6.04 Å². The first-order chi connectivity index (χ1) is 17.2. The Kier molecular flexibility index (Phi) is 10.4. The number of hydrogen-bond acceptors (Lipinski definition) is 4. The first-order valence-corrected chi connectivity index (χ1v) is 13.0. The van der Waals surface area contributed by atoms with Crippen molar-refractivity contribution in [3.05, 3.63) is 69.7 Å². The number of Topliss-reactive ketones (excluding diaryl/α,β-unsaturated/α-hetero) is 1. The van der Waals surface area contributed by atoms with Crippen LogP contribution in [0, 0.1) is 17.6 Å². The van der Waals surface area contributed by atoms with Gasteiger partial charge in [0, 0.05) is 23.9 Å². The van der Waals surface area contributed by atoms with Crippen molar-refractivity contribution in [3.63, 3.8) is 0 Å². The number of benzene rings is 2. The Balaban J connectivity index is 1.31. The van der Waals surface area contributed by atoms with Crippen LogP contribution in [-0.2, 0) is 27.2 Å².